The van der Waals surface area contributed by atoms with Crippen molar-refractivity contribution in [3.8, 4) is 0 Å². The van der Waals surface area contributed by atoms with Crippen molar-refractivity contribution in [1.82, 2.24) is 4.98 Å². The Morgan fingerprint density at radius 2 is 1.87 bits per heavy atom. The van der Waals surface area contributed by atoms with E-state index >= 15 is 0 Å². The Kier molecular flexibility index (Phi) is 3.21. The fourth-order valence-electron chi connectivity index (χ4n) is 1.49. The smallest absolute Gasteiger partial charge is 0.176 e. The summed E-state index contributed by atoms with van der Waals surface area (Å²) in [6, 6.07) is 14.0. The highest BCUT2D eigenvalue weighted by molar-refractivity contribution is 6.33. The second kappa shape index (κ2) is 4.61. The van der Waals surface area contributed by atoms with Crippen LogP contribution in [0.1, 0.15) is 17.0 Å². The molecule has 2 heteroatoms. The first-order chi connectivity index (χ1) is 7.25. The Hall–Kier alpha value is -1.10. The molecule has 2 aromatic rings. The van der Waals surface area contributed by atoms with Crippen LogP contribution in [0.2, 0.25) is 0 Å². The van der Waals surface area contributed by atoms with Crippen molar-refractivity contribution < 1.29 is 0 Å². The number of rotatable bonds is 2. The lowest BCUT2D eigenvalue weighted by molar-refractivity contribution is 1.06. The van der Waals surface area contributed by atoms with E-state index in [9.17, 15) is 0 Å². The largest absolute Gasteiger partial charge is 0.257 e. The van der Waals surface area contributed by atoms with Crippen LogP contribution in [0.4, 0.5) is 0 Å². The topological polar surface area (TPSA) is 12.9 Å². The molecule has 0 aliphatic rings. The van der Waals surface area contributed by atoms with Gasteiger partial charge in [-0.3, -0.25) is 4.98 Å². The third kappa shape index (κ3) is 2.68. The molecule has 0 aliphatic carbocycles. The zero-order valence-electron chi connectivity index (χ0n) is 8.35. The molecule has 70 valence electrons. The lowest BCUT2D eigenvalue weighted by Crippen LogP contribution is -2.10. The first kappa shape index (κ1) is 10.4. The van der Waals surface area contributed by atoms with Crippen molar-refractivity contribution in [2.24, 2.45) is 0 Å². The third-order valence-corrected chi connectivity index (χ3v) is 2.82. The molecule has 2 rings (SSSR count). The fourth-order valence-corrected chi connectivity index (χ4v) is 1.80. The Bertz CT molecular complexity index is 466. The molecular weight excluding hydrogens is 197 g/mol. The molecule has 4 radical (unpaired) electrons. The Balaban J connectivity index is 2.26. The van der Waals surface area contributed by atoms with Crippen LogP contribution in [-0.2, 0) is 6.42 Å². The van der Waals surface area contributed by atoms with E-state index in [1.165, 1.54) is 9.99 Å². The second-order valence-electron chi connectivity index (χ2n) is 3.43. The zero-order chi connectivity index (χ0) is 10.7. The molecule has 1 heterocycles. The van der Waals surface area contributed by atoms with E-state index in [4.69, 9.17) is 6.92 Å². The minimum atomic E-state index is 0.578. The van der Waals surface area contributed by atoms with Crippen molar-refractivity contribution >= 4 is 20.7 Å². The van der Waals surface area contributed by atoms with Gasteiger partial charge < -0.3 is 0 Å². The average Bonchev–Trinajstić information content (AvgIpc) is 2.22. The lowest BCUT2D eigenvalue weighted by atomic mass is 10.1. The van der Waals surface area contributed by atoms with E-state index in [1.54, 1.807) is 6.07 Å². The van der Waals surface area contributed by atoms with Crippen LogP contribution in [0, 0.1) is 6.92 Å². The molecule has 1 nitrogen and oxygen atoms in total. The third-order valence-electron chi connectivity index (χ3n) is 2.25. The molecule has 0 saturated carbocycles. The van der Waals surface area contributed by atoms with E-state index in [0.717, 1.165) is 12.1 Å². The minimum Gasteiger partial charge on any atom is -0.257 e. The maximum atomic E-state index is 5.63. The maximum absolute atomic E-state index is 5.63. The van der Waals surface area contributed by atoms with Gasteiger partial charge in [-0.05, 0) is 12.1 Å². The first-order valence-electron chi connectivity index (χ1n) is 4.80. The molecule has 0 fully saturated rings. The summed E-state index contributed by atoms with van der Waals surface area (Å²) in [4.78, 5) is 4.28. The summed E-state index contributed by atoms with van der Waals surface area (Å²) >= 11 is 2.74. The molecule has 0 spiro atoms. The van der Waals surface area contributed by atoms with Gasteiger partial charge in [0.15, 0.2) is 16.3 Å². The van der Waals surface area contributed by atoms with Crippen LogP contribution in [0.3, 0.4) is 0 Å². The van der Waals surface area contributed by atoms with Gasteiger partial charge in [-0.2, -0.15) is 0 Å². The normalized spacial score (nSPS) is 10.2. The fraction of sp³-hybridized carbons (Fsp3) is 0.0769. The van der Waals surface area contributed by atoms with Gasteiger partial charge in [0.25, 0.3) is 0 Å². The highest BCUT2D eigenvalue weighted by Gasteiger charge is 1.99. The molecule has 0 bridgehead atoms. The lowest BCUT2D eigenvalue weighted by Gasteiger charge is -2.06. The highest BCUT2D eigenvalue weighted by atomic mass is 27.0. The number of hydrogen-bond acceptors (Lipinski definition) is 1. The Morgan fingerprint density at radius 3 is 2.60 bits per heavy atom. The van der Waals surface area contributed by atoms with Crippen LogP contribution in [0.5, 0.6) is 0 Å². The predicted octanol–water partition coefficient (Wildman–Crippen LogP) is 1.53. The van der Waals surface area contributed by atoms with Gasteiger partial charge in [0.2, 0.25) is 0 Å². The molecule has 0 saturated heterocycles. The van der Waals surface area contributed by atoms with E-state index in [-0.39, 0.29) is 0 Å². The summed E-state index contributed by atoms with van der Waals surface area (Å²) in [5.41, 5.74) is 2.85. The van der Waals surface area contributed by atoms with Crippen LogP contribution in [-0.4, -0.2) is 21.3 Å². The average molecular weight is 207 g/mol. The summed E-state index contributed by atoms with van der Waals surface area (Å²) in [5, 5.41) is 0. The number of benzene rings is 1. The van der Waals surface area contributed by atoms with E-state index in [1.807, 2.05) is 24.3 Å². The standard InChI is InChI=1S/C13H10N.Al/c1-11-6-5-9-13(14-11)10-12-7-3-2-4-8-12;/h1-7,9H,10H2;. The maximum Gasteiger partial charge on any atom is 0.176 e. The Morgan fingerprint density at radius 1 is 1.07 bits per heavy atom. The molecule has 15 heavy (non-hydrogen) atoms. The van der Waals surface area contributed by atoms with Crippen molar-refractivity contribution in [3.05, 3.63) is 66.3 Å². The molecule has 0 N–H and O–H groups in total. The van der Waals surface area contributed by atoms with Gasteiger partial charge in [0, 0.05) is 24.7 Å². The van der Waals surface area contributed by atoms with Gasteiger partial charge in [-0.25, -0.2) is 0 Å². The quantitative estimate of drug-likeness (QED) is 0.680. The molecule has 1 aromatic heterocycles. The van der Waals surface area contributed by atoms with E-state index < -0.39 is 0 Å². The van der Waals surface area contributed by atoms with Crippen molar-refractivity contribution in [2.75, 3.05) is 0 Å². The van der Waals surface area contributed by atoms with Gasteiger partial charge >= 0.3 is 0 Å². The van der Waals surface area contributed by atoms with Gasteiger partial charge in [0.1, 0.15) is 0 Å². The van der Waals surface area contributed by atoms with Gasteiger partial charge in [-0.1, -0.05) is 35.9 Å². The minimum absolute atomic E-state index is 0.578. The van der Waals surface area contributed by atoms with Crippen LogP contribution < -0.4 is 4.43 Å². The van der Waals surface area contributed by atoms with Crippen LogP contribution in [0.25, 0.3) is 0 Å². The van der Waals surface area contributed by atoms with Gasteiger partial charge in [-0.15, -0.1) is 4.43 Å². The molecule has 0 amide bonds. The van der Waals surface area contributed by atoms with Crippen molar-refractivity contribution in [1.29, 1.82) is 0 Å². The van der Waals surface area contributed by atoms with E-state index in [2.05, 4.69) is 33.4 Å². The Labute approximate surface area is 98.6 Å². The van der Waals surface area contributed by atoms with Crippen LogP contribution in [0.15, 0.2) is 42.5 Å². The molecule has 0 aliphatic heterocycles. The number of nitrogens with zero attached hydrogens (tertiary/aromatic N) is 1. The molecule has 0 unspecified atom stereocenters. The van der Waals surface area contributed by atoms with Crippen LogP contribution >= 0.6 is 0 Å². The summed E-state index contributed by atoms with van der Waals surface area (Å²) in [5.74, 6) is 0. The summed E-state index contributed by atoms with van der Waals surface area (Å²) in [6.45, 7) is 5.63. The predicted molar refractivity (Wildman–Crippen MR) is 62.3 cm³/mol. The molecule has 1 aromatic carbocycles. The van der Waals surface area contributed by atoms with E-state index in [0.29, 0.717) is 5.69 Å². The van der Waals surface area contributed by atoms with Gasteiger partial charge in [0.05, 0.1) is 0 Å². The monoisotopic (exact) mass is 207 g/mol. The zero-order valence-corrected chi connectivity index (χ0v) is 9.51. The summed E-state index contributed by atoms with van der Waals surface area (Å²) in [6.07, 6.45) is 0.824. The first-order valence-corrected chi connectivity index (χ1v) is 5.38. The highest BCUT2D eigenvalue weighted by Crippen LogP contribution is 2.05. The summed E-state index contributed by atoms with van der Waals surface area (Å²) < 4.78 is 1.21. The summed E-state index contributed by atoms with van der Waals surface area (Å²) in [7, 11) is 0. The number of hydrogen-bond donors (Lipinski definition) is 0. The van der Waals surface area contributed by atoms with Crippen molar-refractivity contribution in [2.45, 2.75) is 6.42 Å². The second-order valence-corrected chi connectivity index (χ2v) is 4.05. The van der Waals surface area contributed by atoms with Crippen molar-refractivity contribution in [3.63, 3.8) is 0 Å². The SMILES string of the molecule is [CH]c1cccc(Cc2cccc[c]2[Al])n1. The number of pyridine rings is 1. The number of aromatic nitrogens is 1. The molecule has 0 atom stereocenters. The molecular formula is C13H10AlN.